The van der Waals surface area contributed by atoms with Crippen LogP contribution in [0.2, 0.25) is 0 Å². The van der Waals surface area contributed by atoms with Crippen molar-refractivity contribution in [3.05, 3.63) is 77.9 Å². The molecule has 5 heteroatoms. The Labute approximate surface area is 163 Å². The lowest BCUT2D eigenvalue weighted by molar-refractivity contribution is -0.140. The molecule has 0 radical (unpaired) electrons. The first kappa shape index (κ1) is 16.9. The zero-order valence-electron chi connectivity index (χ0n) is 15.3. The molecule has 5 nitrogen and oxygen atoms in total. The van der Waals surface area contributed by atoms with Crippen LogP contribution in [-0.2, 0) is 16.2 Å². The Morgan fingerprint density at radius 2 is 1.57 bits per heavy atom. The van der Waals surface area contributed by atoms with Crippen molar-refractivity contribution in [2.45, 2.75) is 13.0 Å². The number of benzene rings is 2. The Morgan fingerprint density at radius 3 is 2.21 bits per heavy atom. The van der Waals surface area contributed by atoms with Crippen LogP contribution in [0, 0.1) is 23.7 Å². The lowest BCUT2D eigenvalue weighted by Gasteiger charge is -2.13. The van der Waals surface area contributed by atoms with E-state index < -0.39 is 0 Å². The van der Waals surface area contributed by atoms with Gasteiger partial charge < -0.3 is 4.74 Å². The van der Waals surface area contributed by atoms with Crippen molar-refractivity contribution in [1.29, 1.82) is 0 Å². The van der Waals surface area contributed by atoms with Crippen molar-refractivity contribution in [3.8, 4) is 5.75 Å². The van der Waals surface area contributed by atoms with E-state index in [0.29, 0.717) is 6.61 Å². The number of allylic oxidation sites excluding steroid dienone is 2. The van der Waals surface area contributed by atoms with Crippen LogP contribution in [0.4, 0.5) is 0 Å². The second-order valence-corrected chi connectivity index (χ2v) is 7.58. The molecule has 0 N–H and O–H groups in total. The van der Waals surface area contributed by atoms with Gasteiger partial charge in [0.05, 0.1) is 18.1 Å². The number of carbonyl (C=O) groups excluding carboxylic acids is 2. The molecule has 2 aromatic rings. The smallest absolute Gasteiger partial charge is 0.254 e. The third-order valence-corrected chi connectivity index (χ3v) is 5.90. The molecule has 2 aromatic carbocycles. The first-order chi connectivity index (χ1) is 13.7. The Bertz CT molecular complexity index is 935. The van der Waals surface area contributed by atoms with E-state index >= 15 is 0 Å². The van der Waals surface area contributed by atoms with E-state index in [1.54, 1.807) is 6.21 Å². The summed E-state index contributed by atoms with van der Waals surface area (Å²) >= 11 is 0. The summed E-state index contributed by atoms with van der Waals surface area (Å²) in [7, 11) is 0. The van der Waals surface area contributed by atoms with Gasteiger partial charge in [-0.25, -0.2) is 0 Å². The fourth-order valence-corrected chi connectivity index (χ4v) is 4.52. The Morgan fingerprint density at radius 1 is 0.929 bits per heavy atom. The van der Waals surface area contributed by atoms with Gasteiger partial charge in [-0.1, -0.05) is 42.5 Å². The number of fused-ring (bicyclic) bond motifs is 5. The summed E-state index contributed by atoms with van der Waals surface area (Å²) in [5.41, 5.74) is 1.92. The minimum Gasteiger partial charge on any atom is -0.489 e. The summed E-state index contributed by atoms with van der Waals surface area (Å²) in [5, 5.41) is 5.27. The molecule has 1 saturated carbocycles. The minimum absolute atomic E-state index is 0.161. The predicted molar refractivity (Wildman–Crippen MR) is 104 cm³/mol. The predicted octanol–water partition coefficient (Wildman–Crippen LogP) is 3.41. The Kier molecular flexibility index (Phi) is 4.08. The van der Waals surface area contributed by atoms with Crippen molar-refractivity contribution >= 4 is 18.0 Å². The van der Waals surface area contributed by atoms with Crippen LogP contribution < -0.4 is 4.74 Å². The van der Waals surface area contributed by atoms with Crippen molar-refractivity contribution < 1.29 is 14.3 Å². The summed E-state index contributed by atoms with van der Waals surface area (Å²) < 4.78 is 5.77. The monoisotopic (exact) mass is 372 g/mol. The second kappa shape index (κ2) is 6.75. The highest BCUT2D eigenvalue weighted by molar-refractivity contribution is 6.06. The maximum Gasteiger partial charge on any atom is 0.254 e. The molecule has 140 valence electrons. The molecule has 2 bridgehead atoms. The number of hydrogen-bond acceptors (Lipinski definition) is 4. The number of rotatable bonds is 5. The molecule has 0 aromatic heterocycles. The van der Waals surface area contributed by atoms with Crippen LogP contribution >= 0.6 is 0 Å². The Balaban J connectivity index is 1.23. The third-order valence-electron chi connectivity index (χ3n) is 5.90. The van der Waals surface area contributed by atoms with Crippen LogP contribution in [0.15, 0.2) is 71.9 Å². The lowest BCUT2D eigenvalue weighted by atomic mass is 9.85. The standard InChI is InChI=1S/C23H20N2O3/c26-22-20-17-8-9-18(12-17)21(20)23(27)25(22)24-13-15-6-10-19(11-7-15)28-14-16-4-2-1-3-5-16/h1-11,13,17-18,20-21H,12,14H2/b24-13-/t17-,18-,20+,21+/m0/s1. The van der Waals surface area contributed by atoms with Crippen LogP contribution in [0.3, 0.4) is 0 Å². The van der Waals surface area contributed by atoms with Gasteiger partial charge in [-0.15, -0.1) is 0 Å². The van der Waals surface area contributed by atoms with Gasteiger partial charge in [0.2, 0.25) is 0 Å². The maximum atomic E-state index is 12.6. The molecule has 1 saturated heterocycles. The zero-order chi connectivity index (χ0) is 19.1. The number of imide groups is 1. The van der Waals surface area contributed by atoms with E-state index in [0.717, 1.165) is 28.3 Å². The molecule has 28 heavy (non-hydrogen) atoms. The molecule has 5 rings (SSSR count). The van der Waals surface area contributed by atoms with E-state index in [1.165, 1.54) is 0 Å². The molecule has 1 aliphatic heterocycles. The van der Waals surface area contributed by atoms with E-state index in [1.807, 2.05) is 54.6 Å². The van der Waals surface area contributed by atoms with Crippen molar-refractivity contribution in [3.63, 3.8) is 0 Å². The van der Waals surface area contributed by atoms with Gasteiger partial charge in [-0.05, 0) is 53.6 Å². The number of hydrazone groups is 1. The maximum absolute atomic E-state index is 12.6. The third kappa shape index (κ3) is 2.83. The van der Waals surface area contributed by atoms with E-state index in [9.17, 15) is 9.59 Å². The van der Waals surface area contributed by atoms with Gasteiger partial charge in [0.25, 0.3) is 11.8 Å². The SMILES string of the molecule is O=C1[C@H]2[C@H](C(=O)N1/N=C\c1ccc(OCc3ccccc3)cc1)[C@H]1C=C[C@H]2C1. The summed E-state index contributed by atoms with van der Waals surface area (Å²) in [6.07, 6.45) is 6.65. The van der Waals surface area contributed by atoms with Gasteiger partial charge in [-0.2, -0.15) is 10.1 Å². The average Bonchev–Trinajstić information content (AvgIpc) is 3.41. The fourth-order valence-electron chi connectivity index (χ4n) is 4.52. The van der Waals surface area contributed by atoms with E-state index in [2.05, 4.69) is 17.3 Å². The molecular weight excluding hydrogens is 352 g/mol. The summed E-state index contributed by atoms with van der Waals surface area (Å²) in [6, 6.07) is 17.4. The van der Waals surface area contributed by atoms with E-state index in [4.69, 9.17) is 4.74 Å². The summed E-state index contributed by atoms with van der Waals surface area (Å²) in [4.78, 5) is 25.2. The Hall–Kier alpha value is -3.21. The van der Waals surface area contributed by atoms with Crippen LogP contribution in [0.25, 0.3) is 0 Å². The number of ether oxygens (including phenoxy) is 1. The van der Waals surface area contributed by atoms with Crippen molar-refractivity contribution in [2.75, 3.05) is 0 Å². The lowest BCUT2D eigenvalue weighted by Crippen LogP contribution is -2.28. The van der Waals surface area contributed by atoms with Crippen LogP contribution in [0.1, 0.15) is 17.5 Å². The molecule has 3 aliphatic rings. The first-order valence-corrected chi connectivity index (χ1v) is 9.57. The molecule has 2 aliphatic carbocycles. The van der Waals surface area contributed by atoms with Gasteiger partial charge in [-0.3, -0.25) is 9.59 Å². The highest BCUT2D eigenvalue weighted by Gasteiger charge is 2.59. The summed E-state index contributed by atoms with van der Waals surface area (Å²) in [6.45, 7) is 0.504. The topological polar surface area (TPSA) is 59.0 Å². The minimum atomic E-state index is -0.214. The fraction of sp³-hybridized carbons (Fsp3) is 0.261. The van der Waals surface area contributed by atoms with Crippen LogP contribution in [0.5, 0.6) is 5.75 Å². The van der Waals surface area contributed by atoms with Crippen LogP contribution in [-0.4, -0.2) is 23.0 Å². The van der Waals surface area contributed by atoms with Gasteiger partial charge in [0, 0.05) is 0 Å². The normalized spacial score (nSPS) is 27.8. The zero-order valence-corrected chi connectivity index (χ0v) is 15.3. The van der Waals surface area contributed by atoms with Crippen molar-refractivity contribution in [1.82, 2.24) is 5.01 Å². The highest BCUT2D eigenvalue weighted by atomic mass is 16.5. The quantitative estimate of drug-likeness (QED) is 0.459. The largest absolute Gasteiger partial charge is 0.489 e. The first-order valence-electron chi connectivity index (χ1n) is 9.57. The summed E-state index contributed by atoms with van der Waals surface area (Å²) in [5.74, 6) is 0.408. The van der Waals surface area contributed by atoms with Crippen molar-refractivity contribution in [2.24, 2.45) is 28.8 Å². The van der Waals surface area contributed by atoms with Gasteiger partial charge in [0.15, 0.2) is 0 Å². The molecule has 2 amide bonds. The molecule has 4 atom stereocenters. The molecule has 0 spiro atoms. The second-order valence-electron chi connectivity index (χ2n) is 7.58. The molecule has 0 unspecified atom stereocenters. The highest BCUT2D eigenvalue weighted by Crippen LogP contribution is 2.52. The van der Waals surface area contributed by atoms with E-state index in [-0.39, 0.29) is 35.5 Å². The number of hydrogen-bond donors (Lipinski definition) is 0. The number of carbonyl (C=O) groups is 2. The molecule has 1 heterocycles. The molecular formula is C23H20N2O3. The average molecular weight is 372 g/mol. The molecule has 2 fully saturated rings. The van der Waals surface area contributed by atoms with Gasteiger partial charge in [0.1, 0.15) is 12.4 Å². The number of amides is 2. The number of nitrogens with zero attached hydrogens (tertiary/aromatic N) is 2. The van der Waals surface area contributed by atoms with Gasteiger partial charge >= 0.3 is 0 Å².